The maximum Gasteiger partial charge on any atom is 0.253 e. The van der Waals surface area contributed by atoms with Gasteiger partial charge in [0.2, 0.25) is 0 Å². The molecule has 92 valence electrons. The van der Waals surface area contributed by atoms with Gasteiger partial charge in [-0.05, 0) is 12.1 Å². The first-order valence-electron chi connectivity index (χ1n) is 5.47. The van der Waals surface area contributed by atoms with Crippen molar-refractivity contribution in [3.63, 3.8) is 0 Å². The Morgan fingerprint density at radius 1 is 1.44 bits per heavy atom. The molecule has 0 aliphatic carbocycles. The van der Waals surface area contributed by atoms with Crippen molar-refractivity contribution in [2.75, 3.05) is 11.5 Å². The summed E-state index contributed by atoms with van der Waals surface area (Å²) in [4.78, 5) is 19.2. The summed E-state index contributed by atoms with van der Waals surface area (Å²) in [5.74, 6) is 2.19. The van der Waals surface area contributed by atoms with Crippen LogP contribution in [0.3, 0.4) is 0 Å². The van der Waals surface area contributed by atoms with E-state index in [1.807, 2.05) is 24.3 Å². The van der Waals surface area contributed by atoms with Crippen molar-refractivity contribution in [2.45, 2.75) is 11.0 Å². The number of nitrogen functional groups attached to an aromatic ring is 1. The van der Waals surface area contributed by atoms with Crippen molar-refractivity contribution in [3.8, 4) is 5.75 Å². The van der Waals surface area contributed by atoms with E-state index in [-0.39, 0.29) is 17.5 Å². The van der Waals surface area contributed by atoms with E-state index in [2.05, 4.69) is 9.97 Å². The molecule has 18 heavy (non-hydrogen) atoms. The van der Waals surface area contributed by atoms with Crippen molar-refractivity contribution in [1.29, 1.82) is 0 Å². The maximum absolute atomic E-state index is 11.4. The molecule has 1 aromatic heterocycles. The fourth-order valence-electron chi connectivity index (χ4n) is 1.80. The van der Waals surface area contributed by atoms with Crippen LogP contribution in [0.4, 0.5) is 5.82 Å². The molecule has 0 saturated carbocycles. The highest BCUT2D eigenvalue weighted by molar-refractivity contribution is 7.99. The van der Waals surface area contributed by atoms with Crippen LogP contribution >= 0.6 is 11.8 Å². The molecule has 1 aliphatic heterocycles. The summed E-state index contributed by atoms with van der Waals surface area (Å²) in [6, 6.07) is 9.05. The van der Waals surface area contributed by atoms with Gasteiger partial charge in [-0.1, -0.05) is 12.1 Å². The minimum absolute atomic E-state index is 0.209. The summed E-state index contributed by atoms with van der Waals surface area (Å²) < 4.78 is 5.82. The summed E-state index contributed by atoms with van der Waals surface area (Å²) in [6.07, 6.45) is -0.277. The van der Waals surface area contributed by atoms with E-state index < -0.39 is 0 Å². The number of nitrogens with two attached hydrogens (primary N) is 1. The van der Waals surface area contributed by atoms with Crippen LogP contribution in [-0.4, -0.2) is 15.7 Å². The van der Waals surface area contributed by atoms with Crippen LogP contribution < -0.4 is 16.0 Å². The predicted molar refractivity (Wildman–Crippen MR) is 69.8 cm³/mol. The summed E-state index contributed by atoms with van der Waals surface area (Å²) in [6.45, 7) is 0. The Balaban J connectivity index is 1.94. The van der Waals surface area contributed by atoms with Crippen LogP contribution in [0.15, 0.2) is 40.0 Å². The van der Waals surface area contributed by atoms with Crippen molar-refractivity contribution in [2.24, 2.45) is 0 Å². The number of benzene rings is 1. The van der Waals surface area contributed by atoms with Gasteiger partial charge in [0.05, 0.1) is 0 Å². The van der Waals surface area contributed by atoms with E-state index in [0.29, 0.717) is 11.6 Å². The first kappa shape index (κ1) is 11.2. The van der Waals surface area contributed by atoms with Gasteiger partial charge in [0.25, 0.3) is 5.56 Å². The van der Waals surface area contributed by atoms with Crippen LogP contribution in [0.5, 0.6) is 5.75 Å². The Hall–Kier alpha value is -1.95. The number of H-pyrrole nitrogens is 1. The summed E-state index contributed by atoms with van der Waals surface area (Å²) >= 11 is 1.68. The van der Waals surface area contributed by atoms with E-state index in [1.165, 1.54) is 6.07 Å². The highest BCUT2D eigenvalue weighted by atomic mass is 32.2. The van der Waals surface area contributed by atoms with Gasteiger partial charge in [-0.2, -0.15) is 0 Å². The van der Waals surface area contributed by atoms with Crippen molar-refractivity contribution >= 4 is 17.6 Å². The minimum atomic E-state index is -0.277. The van der Waals surface area contributed by atoms with Crippen molar-refractivity contribution in [1.82, 2.24) is 9.97 Å². The average Bonchev–Trinajstić information content (AvgIpc) is 2.37. The molecule has 2 aromatic rings. The first-order valence-corrected chi connectivity index (χ1v) is 6.46. The topological polar surface area (TPSA) is 81.0 Å². The van der Waals surface area contributed by atoms with Crippen LogP contribution in [-0.2, 0) is 0 Å². The van der Waals surface area contributed by atoms with Gasteiger partial charge < -0.3 is 15.5 Å². The molecule has 1 atom stereocenters. The van der Waals surface area contributed by atoms with Crippen LogP contribution in [0, 0.1) is 0 Å². The van der Waals surface area contributed by atoms with Crippen molar-refractivity contribution in [3.05, 3.63) is 46.5 Å². The van der Waals surface area contributed by atoms with E-state index in [4.69, 9.17) is 10.5 Å². The zero-order chi connectivity index (χ0) is 12.5. The highest BCUT2D eigenvalue weighted by Gasteiger charge is 2.23. The second-order valence-corrected chi connectivity index (χ2v) is 4.98. The Morgan fingerprint density at radius 2 is 2.28 bits per heavy atom. The van der Waals surface area contributed by atoms with Gasteiger partial charge in [-0.3, -0.25) is 4.79 Å². The number of ether oxygens (including phenoxy) is 1. The lowest BCUT2D eigenvalue weighted by Crippen LogP contribution is -2.22. The number of thioether (sulfide) groups is 1. The normalized spacial score (nSPS) is 17.9. The third kappa shape index (κ3) is 2.06. The zero-order valence-corrected chi connectivity index (χ0v) is 10.2. The highest BCUT2D eigenvalue weighted by Crippen LogP contribution is 2.39. The molecule has 0 bridgehead atoms. The number of hydrogen-bond acceptors (Lipinski definition) is 5. The number of hydrogen-bond donors (Lipinski definition) is 2. The molecule has 0 saturated heterocycles. The smallest absolute Gasteiger partial charge is 0.253 e. The number of aromatic amines is 1. The number of anilines is 1. The second-order valence-electron chi connectivity index (χ2n) is 3.92. The van der Waals surface area contributed by atoms with E-state index in [1.54, 1.807) is 11.8 Å². The first-order chi connectivity index (χ1) is 8.72. The molecule has 6 heteroatoms. The minimum Gasteiger partial charge on any atom is -0.480 e. The van der Waals surface area contributed by atoms with Gasteiger partial charge >= 0.3 is 0 Å². The Labute approximate surface area is 107 Å². The van der Waals surface area contributed by atoms with Crippen LogP contribution in [0.1, 0.15) is 11.9 Å². The molecule has 5 nitrogen and oxygen atoms in total. The second kappa shape index (κ2) is 4.38. The monoisotopic (exact) mass is 261 g/mol. The molecular weight excluding hydrogens is 250 g/mol. The third-order valence-electron chi connectivity index (χ3n) is 2.59. The number of fused-ring (bicyclic) bond motifs is 1. The molecule has 1 aliphatic rings. The zero-order valence-electron chi connectivity index (χ0n) is 9.42. The standard InChI is InChI=1S/C12H11N3O2S/c13-10-5-11(16)15-12(14-10)8-6-18-9-4-2-1-3-7(9)17-8/h1-5,8H,6H2,(H3,13,14,15,16). The molecule has 0 radical (unpaired) electrons. The molecule has 0 spiro atoms. The lowest BCUT2D eigenvalue weighted by atomic mass is 10.3. The molecule has 0 amide bonds. The fraction of sp³-hybridized carbons (Fsp3) is 0.167. The van der Waals surface area contributed by atoms with Gasteiger partial charge in [-0.25, -0.2) is 4.98 Å². The van der Waals surface area contributed by atoms with Gasteiger partial charge in [0, 0.05) is 16.7 Å². The fourth-order valence-corrected chi connectivity index (χ4v) is 2.79. The molecule has 1 unspecified atom stereocenters. The van der Waals surface area contributed by atoms with Crippen LogP contribution in [0.25, 0.3) is 0 Å². The molecule has 0 fully saturated rings. The number of nitrogens with one attached hydrogen (secondary N) is 1. The summed E-state index contributed by atoms with van der Waals surface area (Å²) in [5, 5.41) is 0. The number of aromatic nitrogens is 2. The SMILES string of the molecule is Nc1cc(=O)[nH]c(C2CSc3ccccc3O2)n1. The number of para-hydroxylation sites is 1. The van der Waals surface area contributed by atoms with E-state index in [9.17, 15) is 4.79 Å². The number of rotatable bonds is 1. The average molecular weight is 261 g/mol. The molecule has 1 aromatic carbocycles. The Kier molecular flexibility index (Phi) is 2.71. The maximum atomic E-state index is 11.4. The quantitative estimate of drug-likeness (QED) is 0.814. The van der Waals surface area contributed by atoms with Crippen molar-refractivity contribution < 1.29 is 4.74 Å². The third-order valence-corrected chi connectivity index (χ3v) is 3.71. The summed E-state index contributed by atoms with van der Waals surface area (Å²) in [7, 11) is 0. The molecule has 2 heterocycles. The van der Waals surface area contributed by atoms with Crippen LogP contribution in [0.2, 0.25) is 0 Å². The molecular formula is C12H11N3O2S. The lowest BCUT2D eigenvalue weighted by molar-refractivity contribution is 0.210. The van der Waals surface area contributed by atoms with E-state index >= 15 is 0 Å². The van der Waals surface area contributed by atoms with Gasteiger partial charge in [0.15, 0.2) is 11.9 Å². The molecule has 3 rings (SSSR count). The predicted octanol–water partition coefficient (Wildman–Crippen LogP) is 1.58. The summed E-state index contributed by atoms with van der Waals surface area (Å²) in [5.41, 5.74) is 5.31. The molecule has 3 N–H and O–H groups in total. The Morgan fingerprint density at radius 3 is 3.11 bits per heavy atom. The van der Waals surface area contributed by atoms with Gasteiger partial charge in [0.1, 0.15) is 11.6 Å². The number of nitrogens with zero attached hydrogens (tertiary/aromatic N) is 1. The largest absolute Gasteiger partial charge is 0.480 e. The van der Waals surface area contributed by atoms with E-state index in [0.717, 1.165) is 10.6 Å². The lowest BCUT2D eigenvalue weighted by Gasteiger charge is -2.24. The Bertz CT molecular complexity index is 641. The van der Waals surface area contributed by atoms with Gasteiger partial charge in [-0.15, -0.1) is 11.8 Å².